The van der Waals surface area contributed by atoms with E-state index in [9.17, 15) is 4.79 Å². The Balaban J connectivity index is 1.73. The van der Waals surface area contributed by atoms with Crippen LogP contribution in [-0.4, -0.2) is 44.1 Å². The van der Waals surface area contributed by atoms with Crippen LogP contribution >= 0.6 is 0 Å². The van der Waals surface area contributed by atoms with Crippen molar-refractivity contribution in [3.8, 4) is 5.75 Å². The molecule has 0 saturated carbocycles. The fraction of sp³-hybridized carbons (Fsp3) is 0.562. The van der Waals surface area contributed by atoms with Crippen LogP contribution in [0.25, 0.3) is 0 Å². The molecule has 1 amide bonds. The van der Waals surface area contributed by atoms with Crippen LogP contribution in [0, 0.1) is 5.92 Å². The number of likely N-dealkylation sites (tertiary alicyclic amines) is 1. The largest absolute Gasteiger partial charge is 0.493 e. The monoisotopic (exact) mass is 274 g/mol. The minimum atomic E-state index is -0.0201. The molecule has 2 aliphatic rings. The predicted octanol–water partition coefficient (Wildman–Crippen LogP) is 1.62. The highest BCUT2D eigenvalue weighted by Gasteiger charge is 2.34. The number of rotatable bonds is 3. The summed E-state index contributed by atoms with van der Waals surface area (Å²) in [5.74, 6) is 1.73. The first-order chi connectivity index (χ1) is 9.79. The molecule has 2 heterocycles. The van der Waals surface area contributed by atoms with E-state index in [1.165, 1.54) is 0 Å². The van der Waals surface area contributed by atoms with Gasteiger partial charge < -0.3 is 15.0 Å². The van der Waals surface area contributed by atoms with E-state index in [-0.39, 0.29) is 11.8 Å². The highest BCUT2D eigenvalue weighted by molar-refractivity contribution is 5.85. The molecular weight excluding hydrogens is 252 g/mol. The summed E-state index contributed by atoms with van der Waals surface area (Å²) >= 11 is 0. The second-order valence-electron chi connectivity index (χ2n) is 5.72. The fourth-order valence-corrected chi connectivity index (χ4v) is 3.31. The normalized spacial score (nSPS) is 25.1. The Morgan fingerprint density at radius 2 is 2.25 bits per heavy atom. The first-order valence-electron chi connectivity index (χ1n) is 7.44. The van der Waals surface area contributed by atoms with Gasteiger partial charge in [-0.15, -0.1) is 0 Å². The average molecular weight is 274 g/mol. The minimum absolute atomic E-state index is 0.0201. The molecule has 0 aliphatic carbocycles. The van der Waals surface area contributed by atoms with Gasteiger partial charge in [0.05, 0.1) is 12.5 Å². The molecule has 0 spiro atoms. The van der Waals surface area contributed by atoms with Gasteiger partial charge in [0.1, 0.15) is 5.75 Å². The van der Waals surface area contributed by atoms with Gasteiger partial charge in [0, 0.05) is 18.7 Å². The van der Waals surface area contributed by atoms with Gasteiger partial charge in [-0.3, -0.25) is 4.79 Å². The van der Waals surface area contributed by atoms with Gasteiger partial charge in [0.15, 0.2) is 0 Å². The van der Waals surface area contributed by atoms with E-state index in [4.69, 9.17) is 4.74 Å². The lowest BCUT2D eigenvalue weighted by Crippen LogP contribution is -2.36. The number of hydrogen-bond donors (Lipinski definition) is 1. The Kier molecular flexibility index (Phi) is 3.92. The van der Waals surface area contributed by atoms with E-state index in [0.717, 1.165) is 43.8 Å². The molecule has 2 atom stereocenters. The number of benzene rings is 1. The zero-order valence-electron chi connectivity index (χ0n) is 12.0. The van der Waals surface area contributed by atoms with Crippen molar-refractivity contribution >= 4 is 5.91 Å². The summed E-state index contributed by atoms with van der Waals surface area (Å²) in [6.45, 7) is 3.42. The third-order valence-corrected chi connectivity index (χ3v) is 4.35. The molecule has 1 fully saturated rings. The van der Waals surface area contributed by atoms with Crippen LogP contribution < -0.4 is 10.1 Å². The van der Waals surface area contributed by atoms with Crippen molar-refractivity contribution < 1.29 is 9.53 Å². The zero-order valence-corrected chi connectivity index (χ0v) is 12.0. The lowest BCUT2D eigenvalue weighted by Gasteiger charge is -2.28. The number of ether oxygens (including phenoxy) is 1. The summed E-state index contributed by atoms with van der Waals surface area (Å²) in [6.07, 6.45) is 1.90. The zero-order chi connectivity index (χ0) is 13.9. The van der Waals surface area contributed by atoms with Crippen molar-refractivity contribution in [3.05, 3.63) is 29.8 Å². The quantitative estimate of drug-likeness (QED) is 0.910. The predicted molar refractivity (Wildman–Crippen MR) is 77.9 cm³/mol. The first-order valence-corrected chi connectivity index (χ1v) is 7.44. The van der Waals surface area contributed by atoms with Gasteiger partial charge in [0.2, 0.25) is 5.91 Å². The molecule has 0 radical (unpaired) electrons. The van der Waals surface area contributed by atoms with E-state index < -0.39 is 0 Å². The average Bonchev–Trinajstić information content (AvgIpc) is 2.95. The molecule has 4 heteroatoms. The number of fused-ring (bicyclic) bond motifs is 1. The molecule has 108 valence electrons. The maximum atomic E-state index is 12.8. The van der Waals surface area contributed by atoms with E-state index in [2.05, 4.69) is 5.32 Å². The summed E-state index contributed by atoms with van der Waals surface area (Å²) in [5.41, 5.74) is 1.06. The molecule has 0 aromatic heterocycles. The first kappa shape index (κ1) is 13.4. The molecule has 20 heavy (non-hydrogen) atoms. The van der Waals surface area contributed by atoms with Gasteiger partial charge >= 0.3 is 0 Å². The highest BCUT2D eigenvalue weighted by atomic mass is 16.5. The molecule has 2 aliphatic heterocycles. The molecule has 0 bridgehead atoms. The second-order valence-corrected chi connectivity index (χ2v) is 5.72. The van der Waals surface area contributed by atoms with Crippen LogP contribution in [0.1, 0.15) is 24.3 Å². The lowest BCUT2D eigenvalue weighted by atomic mass is 9.92. The number of amides is 1. The second kappa shape index (κ2) is 5.83. The smallest absolute Gasteiger partial charge is 0.230 e. The maximum Gasteiger partial charge on any atom is 0.230 e. The van der Waals surface area contributed by atoms with Gasteiger partial charge in [-0.25, -0.2) is 0 Å². The van der Waals surface area contributed by atoms with Crippen molar-refractivity contribution in [2.45, 2.75) is 18.8 Å². The Morgan fingerprint density at radius 3 is 3.10 bits per heavy atom. The third-order valence-electron chi connectivity index (χ3n) is 4.35. The number of hydrogen-bond acceptors (Lipinski definition) is 3. The fourth-order valence-electron chi connectivity index (χ4n) is 3.31. The van der Waals surface area contributed by atoms with Crippen LogP contribution in [0.15, 0.2) is 24.3 Å². The summed E-state index contributed by atoms with van der Waals surface area (Å²) in [6, 6.07) is 7.94. The van der Waals surface area contributed by atoms with Crippen LogP contribution in [0.4, 0.5) is 0 Å². The molecular formula is C16H22N2O2. The topological polar surface area (TPSA) is 41.6 Å². The SMILES string of the molecule is CNCC1CCN(C(=O)C2CCOc3ccccc32)C1. The number of carbonyl (C=O) groups is 1. The number of para-hydroxylation sites is 1. The Labute approximate surface area is 120 Å². The molecule has 1 N–H and O–H groups in total. The summed E-state index contributed by atoms with van der Waals surface area (Å²) in [5, 5.41) is 3.21. The summed E-state index contributed by atoms with van der Waals surface area (Å²) in [4.78, 5) is 14.8. The van der Waals surface area contributed by atoms with E-state index >= 15 is 0 Å². The standard InChI is InChI=1S/C16H22N2O2/c1-17-10-12-6-8-18(11-12)16(19)14-7-9-20-15-5-3-2-4-13(14)15/h2-5,12,14,17H,6-11H2,1H3. The van der Waals surface area contributed by atoms with Crippen molar-refractivity contribution in [1.29, 1.82) is 0 Å². The molecule has 4 nitrogen and oxygen atoms in total. The van der Waals surface area contributed by atoms with E-state index in [0.29, 0.717) is 12.5 Å². The van der Waals surface area contributed by atoms with Gasteiger partial charge in [-0.05, 0) is 38.4 Å². The van der Waals surface area contributed by atoms with Crippen LogP contribution in [0.5, 0.6) is 5.75 Å². The number of carbonyl (C=O) groups excluding carboxylic acids is 1. The number of nitrogens with one attached hydrogen (secondary N) is 1. The Morgan fingerprint density at radius 1 is 1.40 bits per heavy atom. The molecule has 3 rings (SSSR count). The highest BCUT2D eigenvalue weighted by Crippen LogP contribution is 2.35. The minimum Gasteiger partial charge on any atom is -0.493 e. The lowest BCUT2D eigenvalue weighted by molar-refractivity contribution is -0.132. The van der Waals surface area contributed by atoms with E-state index in [1.54, 1.807) is 0 Å². The summed E-state index contributed by atoms with van der Waals surface area (Å²) < 4.78 is 5.65. The van der Waals surface area contributed by atoms with Crippen LogP contribution in [-0.2, 0) is 4.79 Å². The third kappa shape index (κ3) is 2.52. The van der Waals surface area contributed by atoms with Crippen molar-refractivity contribution in [3.63, 3.8) is 0 Å². The van der Waals surface area contributed by atoms with Crippen molar-refractivity contribution in [2.24, 2.45) is 5.92 Å². The number of nitrogens with zero attached hydrogens (tertiary/aromatic N) is 1. The van der Waals surface area contributed by atoms with Crippen molar-refractivity contribution in [2.75, 3.05) is 33.3 Å². The van der Waals surface area contributed by atoms with Gasteiger partial charge in [0.25, 0.3) is 0 Å². The molecule has 1 aromatic rings. The van der Waals surface area contributed by atoms with Gasteiger partial charge in [-0.1, -0.05) is 18.2 Å². The maximum absolute atomic E-state index is 12.8. The van der Waals surface area contributed by atoms with Crippen LogP contribution in [0.3, 0.4) is 0 Å². The van der Waals surface area contributed by atoms with Gasteiger partial charge in [-0.2, -0.15) is 0 Å². The Hall–Kier alpha value is -1.55. The molecule has 1 aromatic carbocycles. The Bertz CT molecular complexity index is 489. The van der Waals surface area contributed by atoms with E-state index in [1.807, 2.05) is 36.2 Å². The summed E-state index contributed by atoms with van der Waals surface area (Å²) in [7, 11) is 1.97. The molecule has 2 unspecified atom stereocenters. The van der Waals surface area contributed by atoms with Crippen molar-refractivity contribution in [1.82, 2.24) is 10.2 Å². The molecule has 1 saturated heterocycles. The van der Waals surface area contributed by atoms with Crippen LogP contribution in [0.2, 0.25) is 0 Å².